The Morgan fingerprint density at radius 2 is 2.14 bits per heavy atom. The van der Waals surface area contributed by atoms with Crippen LogP contribution in [0, 0.1) is 0 Å². The molecule has 1 fully saturated rings. The van der Waals surface area contributed by atoms with Crippen LogP contribution < -0.4 is 5.32 Å². The van der Waals surface area contributed by atoms with Gasteiger partial charge in [-0.3, -0.25) is 9.78 Å². The van der Waals surface area contributed by atoms with E-state index in [1.54, 1.807) is 12.3 Å². The summed E-state index contributed by atoms with van der Waals surface area (Å²) in [5.74, 6) is -3.02. The van der Waals surface area contributed by atoms with Gasteiger partial charge in [-0.25, -0.2) is 8.78 Å². The molecule has 1 unspecified atom stereocenters. The Morgan fingerprint density at radius 3 is 2.62 bits per heavy atom. The lowest BCUT2D eigenvalue weighted by molar-refractivity contribution is 0.0145. The van der Waals surface area contributed by atoms with E-state index in [1.807, 2.05) is 6.07 Å². The van der Waals surface area contributed by atoms with Crippen molar-refractivity contribution in [2.24, 2.45) is 0 Å². The van der Waals surface area contributed by atoms with E-state index in [1.165, 1.54) is 0 Å². The Hall–Kier alpha value is -1.56. The van der Waals surface area contributed by atoms with Crippen molar-refractivity contribution in [3.8, 4) is 0 Å². The number of rotatable bonds is 5. The van der Waals surface area contributed by atoms with Gasteiger partial charge in [-0.05, 0) is 17.0 Å². The van der Waals surface area contributed by atoms with E-state index in [9.17, 15) is 13.6 Å². The number of carbonyl (C=O) groups excluding carboxylic acids is 1. The molecule has 0 spiro atoms. The van der Waals surface area contributed by atoms with Gasteiger partial charge in [0.15, 0.2) is 0 Å². The molecule has 4 nitrogen and oxygen atoms in total. The Labute approximate surface area is 122 Å². The van der Waals surface area contributed by atoms with Gasteiger partial charge < -0.3 is 10.1 Å². The highest BCUT2D eigenvalue weighted by molar-refractivity contribution is 5.92. The van der Waals surface area contributed by atoms with Gasteiger partial charge in [0, 0.05) is 19.2 Å². The molecule has 1 aliphatic carbocycles. The second kappa shape index (κ2) is 5.67. The lowest BCUT2D eigenvalue weighted by Gasteiger charge is -2.18. The van der Waals surface area contributed by atoms with Gasteiger partial charge in [0.25, 0.3) is 11.8 Å². The first-order chi connectivity index (χ1) is 9.70. The van der Waals surface area contributed by atoms with Gasteiger partial charge >= 0.3 is 0 Å². The number of carbonyl (C=O) groups is 1. The molecule has 0 aromatic carbocycles. The molecule has 21 heavy (non-hydrogen) atoms. The number of alkyl halides is 2. The zero-order valence-electron chi connectivity index (χ0n) is 12.5. The number of pyridine rings is 1. The lowest BCUT2D eigenvalue weighted by Crippen LogP contribution is -2.28. The van der Waals surface area contributed by atoms with E-state index in [0.717, 1.165) is 5.56 Å². The molecule has 2 rings (SSSR count). The van der Waals surface area contributed by atoms with Crippen molar-refractivity contribution in [3.63, 3.8) is 0 Å². The highest BCUT2D eigenvalue weighted by Crippen LogP contribution is 2.44. The Balaban J connectivity index is 1.75. The molecule has 0 saturated heterocycles. The van der Waals surface area contributed by atoms with Gasteiger partial charge in [0.05, 0.1) is 6.61 Å². The van der Waals surface area contributed by atoms with Gasteiger partial charge in [0.1, 0.15) is 11.8 Å². The zero-order valence-corrected chi connectivity index (χ0v) is 12.5. The Bertz CT molecular complexity index is 509. The van der Waals surface area contributed by atoms with Crippen LogP contribution in [0.3, 0.4) is 0 Å². The summed E-state index contributed by atoms with van der Waals surface area (Å²) in [4.78, 5) is 15.9. The summed E-state index contributed by atoms with van der Waals surface area (Å²) in [7, 11) is 0. The molecular weight excluding hydrogens is 278 g/mol. The first kappa shape index (κ1) is 15.8. The Kier molecular flexibility index (Phi) is 4.27. The summed E-state index contributed by atoms with van der Waals surface area (Å²) in [5, 5.41) is 2.60. The summed E-state index contributed by atoms with van der Waals surface area (Å²) in [6, 6.07) is 3.52. The minimum atomic E-state index is -2.69. The fourth-order valence-corrected chi connectivity index (χ4v) is 1.80. The van der Waals surface area contributed by atoms with Crippen molar-refractivity contribution in [3.05, 3.63) is 29.6 Å². The van der Waals surface area contributed by atoms with E-state index in [2.05, 4.69) is 31.1 Å². The number of ether oxygens (including phenoxy) is 1. The van der Waals surface area contributed by atoms with Crippen LogP contribution >= 0.6 is 0 Å². The van der Waals surface area contributed by atoms with Gasteiger partial charge in [-0.2, -0.15) is 0 Å². The molecule has 1 saturated carbocycles. The van der Waals surface area contributed by atoms with Crippen molar-refractivity contribution in [1.82, 2.24) is 10.3 Å². The SMILES string of the molecule is CC(C)(C)c1ccc(C(=O)NCCOC2CC2(F)F)nc1. The fraction of sp³-hybridized carbons (Fsp3) is 0.600. The molecule has 1 heterocycles. The van der Waals surface area contributed by atoms with Crippen LogP contribution in [0.15, 0.2) is 18.3 Å². The standard InChI is InChI=1S/C15H20F2N2O2/c1-14(2,3)10-4-5-11(19-9-10)13(20)18-6-7-21-12-8-15(12,16)17/h4-5,9,12H,6-8H2,1-3H3,(H,18,20). The van der Waals surface area contributed by atoms with Crippen LogP contribution in [0.5, 0.6) is 0 Å². The van der Waals surface area contributed by atoms with Crippen LogP contribution in [-0.4, -0.2) is 36.1 Å². The monoisotopic (exact) mass is 298 g/mol. The molecule has 0 bridgehead atoms. The van der Waals surface area contributed by atoms with Crippen LogP contribution in [0.2, 0.25) is 0 Å². The molecule has 1 atom stereocenters. The van der Waals surface area contributed by atoms with Crippen LogP contribution in [0.4, 0.5) is 8.78 Å². The van der Waals surface area contributed by atoms with Crippen molar-refractivity contribution in [1.29, 1.82) is 0 Å². The molecule has 1 N–H and O–H groups in total. The van der Waals surface area contributed by atoms with Crippen LogP contribution in [0.25, 0.3) is 0 Å². The molecule has 0 aliphatic heterocycles. The third-order valence-corrected chi connectivity index (χ3v) is 3.34. The summed E-state index contributed by atoms with van der Waals surface area (Å²) < 4.78 is 30.1. The zero-order chi connectivity index (χ0) is 15.7. The first-order valence-corrected chi connectivity index (χ1v) is 6.94. The third-order valence-electron chi connectivity index (χ3n) is 3.34. The number of amides is 1. The number of aromatic nitrogens is 1. The average molecular weight is 298 g/mol. The molecule has 0 radical (unpaired) electrons. The normalized spacial score (nSPS) is 20.1. The molecule has 1 aromatic rings. The van der Waals surface area contributed by atoms with Crippen molar-refractivity contribution < 1.29 is 18.3 Å². The summed E-state index contributed by atoms with van der Waals surface area (Å²) in [5.41, 5.74) is 1.32. The van der Waals surface area contributed by atoms with E-state index in [0.29, 0.717) is 5.69 Å². The smallest absolute Gasteiger partial charge is 0.276 e. The topological polar surface area (TPSA) is 51.2 Å². The van der Waals surface area contributed by atoms with Gasteiger partial charge in [-0.1, -0.05) is 26.8 Å². The number of nitrogens with one attached hydrogen (secondary N) is 1. The van der Waals surface area contributed by atoms with Crippen molar-refractivity contribution >= 4 is 5.91 Å². The van der Waals surface area contributed by atoms with Gasteiger partial charge in [0.2, 0.25) is 0 Å². The van der Waals surface area contributed by atoms with E-state index >= 15 is 0 Å². The largest absolute Gasteiger partial charge is 0.370 e. The maximum absolute atomic E-state index is 12.6. The molecule has 1 amide bonds. The minimum Gasteiger partial charge on any atom is -0.370 e. The highest BCUT2D eigenvalue weighted by Gasteiger charge is 2.58. The Morgan fingerprint density at radius 1 is 1.48 bits per heavy atom. The van der Waals surface area contributed by atoms with Crippen LogP contribution in [-0.2, 0) is 10.2 Å². The van der Waals surface area contributed by atoms with Crippen molar-refractivity contribution in [2.75, 3.05) is 13.2 Å². The van der Waals surface area contributed by atoms with E-state index in [4.69, 9.17) is 4.74 Å². The minimum absolute atomic E-state index is 0.0225. The molecule has 1 aliphatic rings. The number of hydrogen-bond donors (Lipinski definition) is 1. The van der Waals surface area contributed by atoms with E-state index in [-0.39, 0.29) is 30.9 Å². The molecule has 116 valence electrons. The predicted molar refractivity (Wildman–Crippen MR) is 74.6 cm³/mol. The van der Waals surface area contributed by atoms with E-state index < -0.39 is 12.0 Å². The van der Waals surface area contributed by atoms with Gasteiger partial charge in [-0.15, -0.1) is 0 Å². The predicted octanol–water partition coefficient (Wildman–Crippen LogP) is 2.53. The maximum Gasteiger partial charge on any atom is 0.276 e. The van der Waals surface area contributed by atoms with Crippen molar-refractivity contribution in [2.45, 2.75) is 44.6 Å². The molecular formula is C15H20F2N2O2. The average Bonchev–Trinajstić information content (AvgIpc) is 3.01. The summed E-state index contributed by atoms with van der Waals surface area (Å²) >= 11 is 0. The fourth-order valence-electron chi connectivity index (χ4n) is 1.80. The number of hydrogen-bond acceptors (Lipinski definition) is 3. The summed E-state index contributed by atoms with van der Waals surface area (Å²) in [6.45, 7) is 6.46. The highest BCUT2D eigenvalue weighted by atomic mass is 19.3. The van der Waals surface area contributed by atoms with Crippen LogP contribution in [0.1, 0.15) is 43.2 Å². The molecule has 1 aromatic heterocycles. The number of nitrogens with zero attached hydrogens (tertiary/aromatic N) is 1. The number of halogens is 2. The first-order valence-electron chi connectivity index (χ1n) is 6.94. The quantitative estimate of drug-likeness (QED) is 0.850. The molecule has 6 heteroatoms. The summed E-state index contributed by atoms with van der Waals surface area (Å²) in [6.07, 6.45) is 0.464. The second-order valence-electron chi connectivity index (χ2n) is 6.26. The lowest BCUT2D eigenvalue weighted by atomic mass is 9.88. The third kappa shape index (κ3) is 4.20. The maximum atomic E-state index is 12.6. The second-order valence-corrected chi connectivity index (χ2v) is 6.26.